The summed E-state index contributed by atoms with van der Waals surface area (Å²) in [7, 11) is 0. The van der Waals surface area contributed by atoms with Crippen LogP contribution in [0.2, 0.25) is 0 Å². The molecule has 2 aliphatic heterocycles. The Balaban J connectivity index is 1.54. The van der Waals surface area contributed by atoms with Crippen LogP contribution in [0.4, 0.5) is 4.39 Å². The largest absolute Gasteiger partial charge is 0.296 e. The summed E-state index contributed by atoms with van der Waals surface area (Å²) < 4.78 is 16.5. The quantitative estimate of drug-likeness (QED) is 0.0982. The van der Waals surface area contributed by atoms with Gasteiger partial charge in [0.1, 0.15) is 15.8 Å². The van der Waals surface area contributed by atoms with Crippen LogP contribution in [0.25, 0.3) is 43.1 Å². The summed E-state index contributed by atoms with van der Waals surface area (Å²) in [6.45, 7) is 10.4. The van der Waals surface area contributed by atoms with Crippen molar-refractivity contribution in [1.82, 2.24) is 9.80 Å². The molecule has 2 amide bonds. The third-order valence-corrected chi connectivity index (χ3v) is 10.7. The Bertz CT molecular complexity index is 1950. The van der Waals surface area contributed by atoms with E-state index in [1.165, 1.54) is 6.07 Å². The molecule has 0 spiro atoms. The van der Waals surface area contributed by atoms with E-state index in [9.17, 15) is 9.59 Å². The van der Waals surface area contributed by atoms with Crippen LogP contribution in [0.15, 0.2) is 36.4 Å². The van der Waals surface area contributed by atoms with Crippen LogP contribution in [0.1, 0.15) is 104 Å². The molecule has 7 heteroatoms. The van der Waals surface area contributed by atoms with Crippen molar-refractivity contribution >= 4 is 89.3 Å². The highest BCUT2D eigenvalue weighted by Crippen LogP contribution is 2.48. The van der Waals surface area contributed by atoms with Crippen LogP contribution < -0.4 is 0 Å². The second-order valence-electron chi connectivity index (χ2n) is 12.7. The Morgan fingerprint density at radius 3 is 1.61 bits per heavy atom. The highest BCUT2D eigenvalue weighted by atomic mass is 32.1. The maximum atomic E-state index is 16.5. The summed E-state index contributed by atoms with van der Waals surface area (Å²) in [5.41, 5.74) is 3.52. The lowest BCUT2D eigenvalue weighted by molar-refractivity contribution is 0.0798. The first-order chi connectivity index (χ1) is 21.1. The van der Waals surface area contributed by atoms with E-state index in [4.69, 9.17) is 24.4 Å². The zero-order valence-corrected chi connectivity index (χ0v) is 27.4. The first kappa shape index (κ1) is 29.2. The number of thiocarbonyl (C=S) groups is 2. The van der Waals surface area contributed by atoms with Crippen LogP contribution in [-0.2, 0) is 0 Å². The zero-order valence-electron chi connectivity index (χ0n) is 25.8. The molecule has 2 aliphatic rings. The molecule has 0 unspecified atom stereocenters. The number of fused-ring (bicyclic) bond motifs is 2. The van der Waals surface area contributed by atoms with Crippen molar-refractivity contribution < 1.29 is 14.0 Å². The van der Waals surface area contributed by atoms with E-state index in [1.54, 1.807) is 9.80 Å². The molecule has 0 saturated heterocycles. The number of hydrogen-bond acceptors (Lipinski definition) is 4. The van der Waals surface area contributed by atoms with Gasteiger partial charge in [-0.15, -0.1) is 0 Å². The summed E-state index contributed by atoms with van der Waals surface area (Å²) >= 11 is 11.9. The van der Waals surface area contributed by atoms with Crippen molar-refractivity contribution in [3.05, 3.63) is 70.0 Å². The average Bonchev–Trinajstić information content (AvgIpc) is 3.00. The smallest absolute Gasteiger partial charge is 0.259 e. The number of unbranched alkanes of at least 4 members (excludes halogenated alkanes) is 2. The minimum atomic E-state index is -0.447. The molecule has 0 aliphatic carbocycles. The SMILES string of the molecule is CCCC[C@H](C)N1C(=O)c2cc(C)c3c4ccc5c6c(cc(F)c(c7ccc(c2c73)C1=S)c64)C(=O)N([C@@H](C)CCCC)C5=S. The van der Waals surface area contributed by atoms with Gasteiger partial charge < -0.3 is 0 Å². The molecule has 0 aromatic heterocycles. The normalized spacial score (nSPS) is 16.4. The summed E-state index contributed by atoms with van der Waals surface area (Å²) in [5, 5.41) is 6.06. The van der Waals surface area contributed by atoms with Gasteiger partial charge in [-0.1, -0.05) is 88.2 Å². The van der Waals surface area contributed by atoms with Crippen molar-refractivity contribution in [2.75, 3.05) is 0 Å². The van der Waals surface area contributed by atoms with Crippen LogP contribution in [0.3, 0.4) is 0 Å². The van der Waals surface area contributed by atoms with Gasteiger partial charge in [-0.25, -0.2) is 4.39 Å². The average molecular weight is 623 g/mol. The van der Waals surface area contributed by atoms with Gasteiger partial charge in [0.15, 0.2) is 0 Å². The highest BCUT2D eigenvalue weighted by molar-refractivity contribution is 7.81. The summed E-state index contributed by atoms with van der Waals surface area (Å²) in [5.74, 6) is -0.783. The fourth-order valence-electron chi connectivity index (χ4n) is 7.71. The fraction of sp³-hybridized carbons (Fsp3) is 0.351. The van der Waals surface area contributed by atoms with Gasteiger partial charge in [0.2, 0.25) is 0 Å². The zero-order chi connectivity index (χ0) is 31.2. The molecule has 4 nitrogen and oxygen atoms in total. The fourth-order valence-corrected chi connectivity index (χ4v) is 8.58. The number of nitrogens with zero attached hydrogens (tertiary/aromatic N) is 2. The highest BCUT2D eigenvalue weighted by Gasteiger charge is 2.38. The van der Waals surface area contributed by atoms with Gasteiger partial charge in [-0.3, -0.25) is 19.4 Å². The topological polar surface area (TPSA) is 40.6 Å². The monoisotopic (exact) mass is 622 g/mol. The Kier molecular flexibility index (Phi) is 6.98. The molecular weight excluding hydrogens is 588 g/mol. The molecule has 2 heterocycles. The van der Waals surface area contributed by atoms with E-state index in [0.29, 0.717) is 37.3 Å². The second kappa shape index (κ2) is 10.5. The van der Waals surface area contributed by atoms with Crippen LogP contribution >= 0.6 is 24.4 Å². The maximum Gasteiger partial charge on any atom is 0.259 e. The molecule has 5 aromatic carbocycles. The van der Waals surface area contributed by atoms with Crippen molar-refractivity contribution in [3.8, 4) is 0 Å². The molecule has 7 rings (SSSR count). The molecular formula is C37H35FN2O2S2. The summed E-state index contributed by atoms with van der Waals surface area (Å²) in [6.07, 6.45) is 5.76. The van der Waals surface area contributed by atoms with Gasteiger partial charge in [0, 0.05) is 50.3 Å². The van der Waals surface area contributed by atoms with E-state index in [1.807, 2.05) is 44.2 Å². The van der Waals surface area contributed by atoms with Crippen LogP contribution in [0.5, 0.6) is 0 Å². The van der Waals surface area contributed by atoms with Gasteiger partial charge in [-0.2, -0.15) is 0 Å². The standard InChI is InChI=1S/C37H35FN2O2S2/c1-6-8-10-19(4)39-34(41)25-16-18(3)28-21-12-14-24-30-26(35(42)40(37(24)44)20(5)11-9-7-2)17-27(38)31(33(21)30)22-13-15-23(36(39)43)29(25)32(22)28/h12-17,19-20H,6-11H2,1-5H3/t19-,20-/m0/s1. The van der Waals surface area contributed by atoms with E-state index >= 15 is 4.39 Å². The number of hydrogen-bond donors (Lipinski definition) is 0. The Hall–Kier alpha value is -3.55. The van der Waals surface area contributed by atoms with Gasteiger partial charge >= 0.3 is 0 Å². The predicted molar refractivity (Wildman–Crippen MR) is 186 cm³/mol. The molecule has 2 atom stereocenters. The number of halogens is 1. The van der Waals surface area contributed by atoms with E-state index < -0.39 is 5.82 Å². The number of aryl methyl sites for hydroxylation is 1. The van der Waals surface area contributed by atoms with Crippen LogP contribution in [-0.4, -0.2) is 43.7 Å². The third-order valence-electron chi connectivity index (χ3n) is 9.88. The van der Waals surface area contributed by atoms with Crippen molar-refractivity contribution in [3.63, 3.8) is 0 Å². The lowest BCUT2D eigenvalue weighted by atomic mass is 9.80. The van der Waals surface area contributed by atoms with Crippen molar-refractivity contribution in [2.45, 2.75) is 85.2 Å². The molecule has 0 N–H and O–H groups in total. The molecule has 0 bridgehead atoms. The molecule has 224 valence electrons. The molecule has 5 aromatic rings. The van der Waals surface area contributed by atoms with Crippen LogP contribution in [0, 0.1) is 12.7 Å². The number of carbonyl (C=O) groups excluding carboxylic acids is 2. The lowest BCUT2D eigenvalue weighted by Crippen LogP contribution is -2.45. The third kappa shape index (κ3) is 3.84. The molecule has 0 saturated carbocycles. The van der Waals surface area contributed by atoms with Gasteiger partial charge in [0.05, 0.1) is 5.56 Å². The molecule has 0 fully saturated rings. The van der Waals surface area contributed by atoms with Gasteiger partial charge in [-0.05, 0) is 72.9 Å². The maximum absolute atomic E-state index is 16.5. The van der Waals surface area contributed by atoms with E-state index in [-0.39, 0.29) is 23.9 Å². The Labute approximate surface area is 267 Å². The van der Waals surface area contributed by atoms with E-state index in [0.717, 1.165) is 82.1 Å². The van der Waals surface area contributed by atoms with Crippen molar-refractivity contribution in [1.29, 1.82) is 0 Å². The van der Waals surface area contributed by atoms with Gasteiger partial charge in [0.25, 0.3) is 11.8 Å². The molecule has 44 heavy (non-hydrogen) atoms. The number of benzene rings is 5. The first-order valence-corrected chi connectivity index (χ1v) is 16.6. The summed E-state index contributed by atoms with van der Waals surface area (Å²) in [4.78, 5) is 32.5. The number of amides is 2. The first-order valence-electron chi connectivity index (χ1n) is 15.8. The lowest BCUT2D eigenvalue weighted by Gasteiger charge is -2.36. The molecule has 0 radical (unpaired) electrons. The summed E-state index contributed by atoms with van der Waals surface area (Å²) in [6, 6.07) is 11.2. The van der Waals surface area contributed by atoms with E-state index in [2.05, 4.69) is 20.8 Å². The predicted octanol–water partition coefficient (Wildman–Crippen LogP) is 9.60. The number of carbonyl (C=O) groups is 2. The minimum absolute atomic E-state index is 0.0225. The minimum Gasteiger partial charge on any atom is -0.296 e. The van der Waals surface area contributed by atoms with Crippen molar-refractivity contribution in [2.24, 2.45) is 0 Å². The second-order valence-corrected chi connectivity index (χ2v) is 13.4. The Morgan fingerprint density at radius 1 is 0.659 bits per heavy atom. The Morgan fingerprint density at radius 2 is 1.11 bits per heavy atom. The number of rotatable bonds is 8.